The summed E-state index contributed by atoms with van der Waals surface area (Å²) in [5.74, 6) is 0.584. The van der Waals surface area contributed by atoms with E-state index in [1.165, 1.54) is 0 Å². The summed E-state index contributed by atoms with van der Waals surface area (Å²) in [6.45, 7) is 4.01. The summed E-state index contributed by atoms with van der Waals surface area (Å²) in [4.78, 5) is 13.9. The van der Waals surface area contributed by atoms with Crippen molar-refractivity contribution in [3.05, 3.63) is 23.8 Å². The minimum atomic E-state index is -0.517. The fraction of sp³-hybridized carbons (Fsp3) is 0.500. The van der Waals surface area contributed by atoms with Gasteiger partial charge in [-0.15, -0.1) is 0 Å². The second-order valence-electron chi connectivity index (χ2n) is 4.93. The van der Waals surface area contributed by atoms with Gasteiger partial charge in [-0.3, -0.25) is 9.69 Å². The first-order valence-corrected chi connectivity index (χ1v) is 6.29. The van der Waals surface area contributed by atoms with Crippen LogP contribution in [0, 0.1) is 5.92 Å². The lowest BCUT2D eigenvalue weighted by Gasteiger charge is -2.35. The van der Waals surface area contributed by atoms with Crippen molar-refractivity contribution in [2.45, 2.75) is 26.6 Å². The van der Waals surface area contributed by atoms with E-state index in [4.69, 9.17) is 9.47 Å². The molecule has 0 fully saturated rings. The molecule has 0 aliphatic carbocycles. The van der Waals surface area contributed by atoms with Gasteiger partial charge in [0.05, 0.1) is 12.3 Å². The summed E-state index contributed by atoms with van der Waals surface area (Å²) < 4.78 is 10.9. The summed E-state index contributed by atoms with van der Waals surface area (Å²) in [7, 11) is 1.55. The molecule has 1 heterocycles. The second kappa shape index (κ2) is 5.59. The van der Waals surface area contributed by atoms with Gasteiger partial charge in [0.15, 0.2) is 6.10 Å². The zero-order valence-electron chi connectivity index (χ0n) is 11.4. The molecule has 0 radical (unpaired) electrons. The number of amides is 1. The summed E-state index contributed by atoms with van der Waals surface area (Å²) in [6, 6.07) is 5.31. The third-order valence-electron chi connectivity index (χ3n) is 3.12. The van der Waals surface area contributed by atoms with Crippen LogP contribution in [0.5, 0.6) is 5.75 Å². The Bertz CT molecular complexity index is 473. The van der Waals surface area contributed by atoms with Gasteiger partial charge in [0.25, 0.3) is 5.91 Å². The van der Waals surface area contributed by atoms with Crippen LogP contribution < -0.4 is 9.64 Å². The Kier molecular flexibility index (Phi) is 4.07. The Balaban J connectivity index is 2.43. The van der Waals surface area contributed by atoms with Crippen LogP contribution in [0.1, 0.15) is 19.4 Å². The van der Waals surface area contributed by atoms with E-state index in [2.05, 4.69) is 0 Å². The van der Waals surface area contributed by atoms with Crippen molar-refractivity contribution in [2.24, 2.45) is 5.92 Å². The molecule has 1 N–H and O–H groups in total. The number of nitrogens with zero attached hydrogens (tertiary/aromatic N) is 1. The lowest BCUT2D eigenvalue weighted by atomic mass is 10.0. The molecule has 5 nitrogen and oxygen atoms in total. The molecule has 5 heteroatoms. The number of rotatable bonds is 4. The summed E-state index contributed by atoms with van der Waals surface area (Å²) in [5.41, 5.74) is 1.44. The van der Waals surface area contributed by atoms with E-state index in [-0.39, 0.29) is 25.2 Å². The molecular formula is C14H19NO4. The average Bonchev–Trinajstić information content (AvgIpc) is 2.40. The summed E-state index contributed by atoms with van der Waals surface area (Å²) in [6.07, 6.45) is -0.517. The maximum absolute atomic E-state index is 12.3. The number of benzene rings is 1. The number of ether oxygens (including phenoxy) is 2. The van der Waals surface area contributed by atoms with E-state index in [0.717, 1.165) is 5.56 Å². The Morgan fingerprint density at radius 3 is 2.79 bits per heavy atom. The molecule has 1 amide bonds. The first-order valence-electron chi connectivity index (χ1n) is 6.29. The zero-order chi connectivity index (χ0) is 14.0. The molecule has 1 unspecified atom stereocenters. The molecule has 0 saturated carbocycles. The third-order valence-corrected chi connectivity index (χ3v) is 3.12. The number of hydrogen-bond acceptors (Lipinski definition) is 4. The molecule has 1 aromatic carbocycles. The molecular weight excluding hydrogens is 246 g/mol. The number of hydrogen-bond donors (Lipinski definition) is 1. The van der Waals surface area contributed by atoms with Gasteiger partial charge in [0.2, 0.25) is 0 Å². The predicted octanol–water partition coefficient (Wildman–Crippen LogP) is 1.53. The van der Waals surface area contributed by atoms with Crippen LogP contribution in [0.3, 0.4) is 0 Å². The van der Waals surface area contributed by atoms with Gasteiger partial charge >= 0.3 is 0 Å². The van der Waals surface area contributed by atoms with E-state index >= 15 is 0 Å². The highest BCUT2D eigenvalue weighted by Crippen LogP contribution is 2.36. The fourth-order valence-electron chi connectivity index (χ4n) is 2.12. The minimum Gasteiger partial charge on any atom is -0.478 e. The standard InChI is InChI=1S/C14H19NO4/c1-9(2)13-14(17)15(8-18-3)11-5-4-10(7-16)6-12(11)19-13/h4-6,9,13,16H,7-8H2,1-3H3. The maximum atomic E-state index is 12.3. The van der Waals surface area contributed by atoms with Gasteiger partial charge < -0.3 is 14.6 Å². The lowest BCUT2D eigenvalue weighted by molar-refractivity contribution is -0.129. The monoisotopic (exact) mass is 265 g/mol. The van der Waals surface area contributed by atoms with Crippen LogP contribution in [0.2, 0.25) is 0 Å². The predicted molar refractivity (Wildman–Crippen MR) is 71.0 cm³/mol. The van der Waals surface area contributed by atoms with Crippen molar-refractivity contribution in [1.82, 2.24) is 0 Å². The summed E-state index contributed by atoms with van der Waals surface area (Å²) in [5, 5.41) is 9.17. The van der Waals surface area contributed by atoms with Crippen LogP contribution in [-0.2, 0) is 16.1 Å². The maximum Gasteiger partial charge on any atom is 0.270 e. The van der Waals surface area contributed by atoms with Gasteiger partial charge in [-0.2, -0.15) is 0 Å². The van der Waals surface area contributed by atoms with Crippen molar-refractivity contribution in [3.63, 3.8) is 0 Å². The van der Waals surface area contributed by atoms with Crippen LogP contribution in [0.15, 0.2) is 18.2 Å². The van der Waals surface area contributed by atoms with Crippen molar-refractivity contribution in [2.75, 3.05) is 18.7 Å². The van der Waals surface area contributed by atoms with E-state index < -0.39 is 6.10 Å². The first-order chi connectivity index (χ1) is 9.08. The van der Waals surface area contributed by atoms with Crippen molar-refractivity contribution in [3.8, 4) is 5.75 Å². The van der Waals surface area contributed by atoms with Crippen molar-refractivity contribution < 1.29 is 19.4 Å². The Morgan fingerprint density at radius 1 is 1.47 bits per heavy atom. The normalized spacial score (nSPS) is 18.5. The van der Waals surface area contributed by atoms with Gasteiger partial charge in [-0.05, 0) is 23.6 Å². The number of aliphatic hydroxyl groups is 1. The highest BCUT2D eigenvalue weighted by atomic mass is 16.5. The molecule has 1 aliphatic rings. The molecule has 19 heavy (non-hydrogen) atoms. The van der Waals surface area contributed by atoms with Gasteiger partial charge in [0.1, 0.15) is 12.5 Å². The highest BCUT2D eigenvalue weighted by Gasteiger charge is 2.36. The molecule has 0 saturated heterocycles. The first kappa shape index (κ1) is 13.8. The van der Waals surface area contributed by atoms with E-state index in [1.807, 2.05) is 13.8 Å². The number of carbonyl (C=O) groups is 1. The smallest absolute Gasteiger partial charge is 0.270 e. The second-order valence-corrected chi connectivity index (χ2v) is 4.93. The van der Waals surface area contributed by atoms with Crippen molar-refractivity contribution in [1.29, 1.82) is 0 Å². The topological polar surface area (TPSA) is 59.0 Å². The van der Waals surface area contributed by atoms with Crippen molar-refractivity contribution >= 4 is 11.6 Å². The summed E-state index contributed by atoms with van der Waals surface area (Å²) >= 11 is 0. The Labute approximate surface area is 112 Å². The van der Waals surface area contributed by atoms with Crippen LogP contribution in [0.4, 0.5) is 5.69 Å². The quantitative estimate of drug-likeness (QED) is 0.897. The van der Waals surface area contributed by atoms with E-state index in [0.29, 0.717) is 11.4 Å². The number of methoxy groups -OCH3 is 1. The fourth-order valence-corrected chi connectivity index (χ4v) is 2.12. The third kappa shape index (κ3) is 2.57. The van der Waals surface area contributed by atoms with E-state index in [1.54, 1.807) is 30.2 Å². The Hall–Kier alpha value is -1.59. The average molecular weight is 265 g/mol. The molecule has 2 rings (SSSR count). The number of fused-ring (bicyclic) bond motifs is 1. The number of carbonyl (C=O) groups excluding carboxylic acids is 1. The highest BCUT2D eigenvalue weighted by molar-refractivity contribution is 6.00. The largest absolute Gasteiger partial charge is 0.478 e. The van der Waals surface area contributed by atoms with E-state index in [9.17, 15) is 9.90 Å². The molecule has 104 valence electrons. The van der Waals surface area contributed by atoms with Gasteiger partial charge in [0, 0.05) is 7.11 Å². The lowest BCUT2D eigenvalue weighted by Crippen LogP contribution is -2.49. The van der Waals surface area contributed by atoms with Crippen LogP contribution in [-0.4, -0.2) is 31.0 Å². The number of anilines is 1. The van der Waals surface area contributed by atoms with Crippen LogP contribution >= 0.6 is 0 Å². The molecule has 1 aliphatic heterocycles. The minimum absolute atomic E-state index is 0.0544. The molecule has 0 spiro atoms. The van der Waals surface area contributed by atoms with Crippen LogP contribution in [0.25, 0.3) is 0 Å². The SMILES string of the molecule is COCN1C(=O)C(C(C)C)Oc2cc(CO)ccc21. The molecule has 1 atom stereocenters. The zero-order valence-corrected chi connectivity index (χ0v) is 11.4. The molecule has 0 bridgehead atoms. The molecule has 1 aromatic rings. The van der Waals surface area contributed by atoms with Gasteiger partial charge in [-0.25, -0.2) is 0 Å². The Morgan fingerprint density at radius 2 is 2.21 bits per heavy atom. The number of aliphatic hydroxyl groups excluding tert-OH is 1. The molecule has 0 aromatic heterocycles. The van der Waals surface area contributed by atoms with Gasteiger partial charge in [-0.1, -0.05) is 19.9 Å².